The third kappa shape index (κ3) is 13.1. The molecule has 0 fully saturated rings. The molecule has 0 aliphatic rings. The summed E-state index contributed by atoms with van der Waals surface area (Å²) in [5, 5.41) is 16.9. The number of aliphatic hydroxyl groups excluding tert-OH is 2. The molecule has 0 radical (unpaired) electrons. The summed E-state index contributed by atoms with van der Waals surface area (Å²) in [6.45, 7) is 8.93. The number of carbonyl (C=O) groups excluding carboxylic acids is 1. The van der Waals surface area contributed by atoms with Crippen LogP contribution < -0.4 is 0 Å². The molecule has 0 bridgehead atoms. The molecule has 0 amide bonds. The predicted octanol–water partition coefficient (Wildman–Crippen LogP) is 0.664. The molecule has 0 spiro atoms. The third-order valence-corrected chi connectivity index (χ3v) is 1.28. The third-order valence-electron chi connectivity index (χ3n) is 1.28. The summed E-state index contributed by atoms with van der Waals surface area (Å²) in [7, 11) is 0. The minimum Gasteiger partial charge on any atom is -0.396 e. The fraction of sp³-hybridized carbons (Fsp3) is 0.700. The van der Waals surface area contributed by atoms with E-state index in [1.54, 1.807) is 20.8 Å². The van der Waals surface area contributed by atoms with Crippen molar-refractivity contribution in [2.75, 3.05) is 19.8 Å². The van der Waals surface area contributed by atoms with E-state index in [0.717, 1.165) is 6.08 Å². The minimum atomic E-state index is -0.563. The Labute approximate surface area is 90.2 Å². The van der Waals surface area contributed by atoms with Crippen molar-refractivity contribution in [1.29, 1.82) is 0 Å². The standard InChI is InChI=1S/C5H8O3.C5H12O2/c1-3-5(6)8-7-4-2;1-5(2,3-6)4-7/h3H,1,4H2,2H3;6-7H,3-4H2,1-2H3. The van der Waals surface area contributed by atoms with E-state index in [4.69, 9.17) is 10.2 Å². The SMILES string of the molecule is C=CC(=O)OOCC.CC(C)(CO)CO. The van der Waals surface area contributed by atoms with Gasteiger partial charge in [0, 0.05) is 11.5 Å². The van der Waals surface area contributed by atoms with Crippen LogP contribution in [0.25, 0.3) is 0 Å². The lowest BCUT2D eigenvalue weighted by Gasteiger charge is -2.16. The molecular formula is C10H20O5. The first-order chi connectivity index (χ1) is 6.93. The van der Waals surface area contributed by atoms with Crippen LogP contribution in [0, 0.1) is 5.41 Å². The molecule has 15 heavy (non-hydrogen) atoms. The Bertz CT molecular complexity index is 171. The Morgan fingerprint density at radius 1 is 1.40 bits per heavy atom. The highest BCUT2D eigenvalue weighted by Gasteiger charge is 2.13. The Kier molecular flexibility index (Phi) is 10.6. The van der Waals surface area contributed by atoms with E-state index in [0.29, 0.717) is 6.61 Å². The highest BCUT2D eigenvalue weighted by Crippen LogP contribution is 2.10. The first-order valence-corrected chi connectivity index (χ1v) is 4.61. The van der Waals surface area contributed by atoms with Gasteiger partial charge in [-0.05, 0) is 6.92 Å². The highest BCUT2D eigenvalue weighted by molar-refractivity contribution is 5.80. The lowest BCUT2D eigenvalue weighted by Crippen LogP contribution is -2.20. The van der Waals surface area contributed by atoms with Crippen LogP contribution >= 0.6 is 0 Å². The van der Waals surface area contributed by atoms with Gasteiger partial charge in [-0.2, -0.15) is 4.89 Å². The zero-order chi connectivity index (χ0) is 12.3. The molecule has 0 aromatic carbocycles. The highest BCUT2D eigenvalue weighted by atomic mass is 17.2. The molecule has 0 aliphatic carbocycles. The molecule has 0 unspecified atom stereocenters. The van der Waals surface area contributed by atoms with E-state index in [2.05, 4.69) is 16.4 Å². The summed E-state index contributed by atoms with van der Waals surface area (Å²) in [4.78, 5) is 18.5. The molecular weight excluding hydrogens is 200 g/mol. The Hall–Kier alpha value is -0.910. The van der Waals surface area contributed by atoms with Gasteiger partial charge in [-0.25, -0.2) is 4.79 Å². The lowest BCUT2D eigenvalue weighted by atomic mass is 9.97. The van der Waals surface area contributed by atoms with Crippen molar-refractivity contribution in [2.24, 2.45) is 5.41 Å². The van der Waals surface area contributed by atoms with Crippen LogP contribution in [0.4, 0.5) is 0 Å². The summed E-state index contributed by atoms with van der Waals surface area (Å²) in [6, 6.07) is 0. The quantitative estimate of drug-likeness (QED) is 0.404. The summed E-state index contributed by atoms with van der Waals surface area (Å²) >= 11 is 0. The van der Waals surface area contributed by atoms with E-state index in [9.17, 15) is 4.79 Å². The van der Waals surface area contributed by atoms with Crippen molar-refractivity contribution in [1.82, 2.24) is 0 Å². The van der Waals surface area contributed by atoms with E-state index in [1.807, 2.05) is 0 Å². The first kappa shape index (κ1) is 16.5. The molecule has 0 saturated carbocycles. The fourth-order valence-corrected chi connectivity index (χ4v) is 0.201. The molecule has 0 saturated heterocycles. The second kappa shape index (κ2) is 9.64. The maximum absolute atomic E-state index is 10.1. The van der Waals surface area contributed by atoms with Gasteiger partial charge in [0.05, 0.1) is 19.8 Å². The van der Waals surface area contributed by atoms with Gasteiger partial charge in [-0.15, -0.1) is 0 Å². The van der Waals surface area contributed by atoms with Gasteiger partial charge < -0.3 is 10.2 Å². The van der Waals surface area contributed by atoms with E-state index in [-0.39, 0.29) is 18.6 Å². The Morgan fingerprint density at radius 3 is 2.07 bits per heavy atom. The van der Waals surface area contributed by atoms with Crippen molar-refractivity contribution >= 4 is 5.97 Å². The summed E-state index contributed by atoms with van der Waals surface area (Å²) in [6.07, 6.45) is 1.04. The van der Waals surface area contributed by atoms with Gasteiger partial charge in [0.1, 0.15) is 0 Å². The molecule has 5 nitrogen and oxygen atoms in total. The monoisotopic (exact) mass is 220 g/mol. The van der Waals surface area contributed by atoms with Gasteiger partial charge in [-0.3, -0.25) is 4.89 Å². The number of carbonyl (C=O) groups is 1. The average Bonchev–Trinajstić information content (AvgIpc) is 2.26. The molecule has 0 aliphatic heterocycles. The Balaban J connectivity index is 0. The molecule has 0 aromatic heterocycles. The molecule has 0 rings (SSSR count). The van der Waals surface area contributed by atoms with E-state index < -0.39 is 5.97 Å². The van der Waals surface area contributed by atoms with Crippen molar-refractivity contribution in [2.45, 2.75) is 20.8 Å². The minimum absolute atomic E-state index is 0.0451. The van der Waals surface area contributed by atoms with Crippen LogP contribution in [0.5, 0.6) is 0 Å². The van der Waals surface area contributed by atoms with E-state index >= 15 is 0 Å². The van der Waals surface area contributed by atoms with Gasteiger partial charge in [0.2, 0.25) is 0 Å². The molecule has 2 N–H and O–H groups in total. The van der Waals surface area contributed by atoms with Gasteiger partial charge in [0.25, 0.3) is 0 Å². The molecule has 0 atom stereocenters. The Morgan fingerprint density at radius 2 is 1.87 bits per heavy atom. The van der Waals surface area contributed by atoms with Gasteiger partial charge in [0.15, 0.2) is 0 Å². The van der Waals surface area contributed by atoms with Crippen LogP contribution in [0.1, 0.15) is 20.8 Å². The first-order valence-electron chi connectivity index (χ1n) is 4.61. The molecule has 0 aromatic rings. The maximum Gasteiger partial charge on any atom is 0.365 e. The van der Waals surface area contributed by atoms with Crippen LogP contribution in [0.3, 0.4) is 0 Å². The smallest absolute Gasteiger partial charge is 0.365 e. The molecule has 5 heteroatoms. The fourth-order valence-electron chi connectivity index (χ4n) is 0.201. The van der Waals surface area contributed by atoms with Crippen molar-refractivity contribution in [3.63, 3.8) is 0 Å². The number of hydrogen-bond donors (Lipinski definition) is 2. The topological polar surface area (TPSA) is 76.0 Å². The van der Waals surface area contributed by atoms with Crippen LogP contribution in [0.2, 0.25) is 0 Å². The number of rotatable bonds is 5. The largest absolute Gasteiger partial charge is 0.396 e. The normalized spacial score (nSPS) is 9.93. The zero-order valence-electron chi connectivity index (χ0n) is 9.52. The lowest BCUT2D eigenvalue weighted by molar-refractivity contribution is -0.264. The van der Waals surface area contributed by atoms with Gasteiger partial charge >= 0.3 is 5.97 Å². The molecule has 90 valence electrons. The van der Waals surface area contributed by atoms with Crippen LogP contribution in [-0.2, 0) is 14.6 Å². The predicted molar refractivity (Wildman–Crippen MR) is 55.9 cm³/mol. The molecule has 0 heterocycles. The van der Waals surface area contributed by atoms with Crippen molar-refractivity contribution in [3.8, 4) is 0 Å². The van der Waals surface area contributed by atoms with Gasteiger partial charge in [-0.1, -0.05) is 20.4 Å². The summed E-state index contributed by atoms with van der Waals surface area (Å²) in [5.41, 5.74) is -0.306. The number of hydrogen-bond acceptors (Lipinski definition) is 5. The maximum atomic E-state index is 10.1. The average molecular weight is 220 g/mol. The van der Waals surface area contributed by atoms with Crippen molar-refractivity contribution in [3.05, 3.63) is 12.7 Å². The second-order valence-electron chi connectivity index (χ2n) is 3.49. The summed E-state index contributed by atoms with van der Waals surface area (Å²) < 4.78 is 0. The summed E-state index contributed by atoms with van der Waals surface area (Å²) in [5.74, 6) is -0.563. The van der Waals surface area contributed by atoms with Crippen molar-refractivity contribution < 1.29 is 24.8 Å². The van der Waals surface area contributed by atoms with Crippen LogP contribution in [-0.4, -0.2) is 36.0 Å². The second-order valence-corrected chi connectivity index (χ2v) is 3.49. The zero-order valence-corrected chi connectivity index (χ0v) is 9.52. The van der Waals surface area contributed by atoms with Crippen LogP contribution in [0.15, 0.2) is 12.7 Å². The number of aliphatic hydroxyl groups is 2. The van der Waals surface area contributed by atoms with E-state index in [1.165, 1.54) is 0 Å².